The van der Waals surface area contributed by atoms with E-state index in [-0.39, 0.29) is 30.0 Å². The third-order valence-electron chi connectivity index (χ3n) is 4.91. The standard InChI is InChI=1S/C21H27BrN2O7/c1-13(2)17(20(27)28)24-18(26)16(19(24)31-12-21(11-22,29-3)30-4)23-15(25)10-14-8-6-5-7-9-14/h5-9,16,19H,10-12H2,1-4H3,(H,23,25)(H,27,28)/t16-,19-/m0/s1. The molecule has 0 spiro atoms. The fourth-order valence-corrected chi connectivity index (χ4v) is 3.75. The van der Waals surface area contributed by atoms with E-state index < -0.39 is 29.9 Å². The molecule has 0 bridgehead atoms. The van der Waals surface area contributed by atoms with Crippen LogP contribution in [0.5, 0.6) is 0 Å². The summed E-state index contributed by atoms with van der Waals surface area (Å²) in [6.07, 6.45) is -0.954. The first-order chi connectivity index (χ1) is 14.7. The Bertz CT molecular complexity index is 827. The third-order valence-corrected chi connectivity index (χ3v) is 5.76. The van der Waals surface area contributed by atoms with Crippen LogP contribution in [0.4, 0.5) is 0 Å². The van der Waals surface area contributed by atoms with Crippen molar-refractivity contribution >= 4 is 33.7 Å². The van der Waals surface area contributed by atoms with Crippen molar-refractivity contribution in [1.29, 1.82) is 0 Å². The highest BCUT2D eigenvalue weighted by atomic mass is 79.9. The van der Waals surface area contributed by atoms with Gasteiger partial charge in [0, 0.05) is 14.2 Å². The number of rotatable bonds is 11. The predicted molar refractivity (Wildman–Crippen MR) is 115 cm³/mol. The van der Waals surface area contributed by atoms with Crippen LogP contribution in [0, 0.1) is 0 Å². The van der Waals surface area contributed by atoms with Crippen LogP contribution in [0.15, 0.2) is 41.6 Å². The van der Waals surface area contributed by atoms with Crippen molar-refractivity contribution in [3.63, 3.8) is 0 Å². The molecule has 1 saturated heterocycles. The van der Waals surface area contributed by atoms with Crippen LogP contribution in [0.25, 0.3) is 0 Å². The van der Waals surface area contributed by atoms with Crippen LogP contribution in [0.2, 0.25) is 0 Å². The second-order valence-corrected chi connectivity index (χ2v) is 7.78. The summed E-state index contributed by atoms with van der Waals surface area (Å²) in [6, 6.07) is 8.03. The molecule has 10 heteroatoms. The van der Waals surface area contributed by atoms with Gasteiger partial charge in [-0.05, 0) is 25.0 Å². The van der Waals surface area contributed by atoms with Crippen LogP contribution in [0.1, 0.15) is 19.4 Å². The Hall–Kier alpha value is -2.27. The van der Waals surface area contributed by atoms with E-state index in [1.165, 1.54) is 14.2 Å². The predicted octanol–water partition coefficient (Wildman–Crippen LogP) is 1.66. The second-order valence-electron chi connectivity index (χ2n) is 7.22. The number of ether oxygens (including phenoxy) is 3. The van der Waals surface area contributed by atoms with E-state index in [1.54, 1.807) is 26.0 Å². The zero-order valence-electron chi connectivity index (χ0n) is 17.9. The molecule has 1 heterocycles. The van der Waals surface area contributed by atoms with Gasteiger partial charge in [-0.15, -0.1) is 0 Å². The molecule has 2 rings (SSSR count). The van der Waals surface area contributed by atoms with Crippen molar-refractivity contribution in [2.45, 2.75) is 38.3 Å². The Balaban J connectivity index is 2.22. The lowest BCUT2D eigenvalue weighted by atomic mass is 10.0. The van der Waals surface area contributed by atoms with Crippen molar-refractivity contribution in [3.05, 3.63) is 47.2 Å². The number of benzene rings is 1. The fraction of sp³-hybridized carbons (Fsp3) is 0.476. The zero-order chi connectivity index (χ0) is 23.2. The highest BCUT2D eigenvalue weighted by Crippen LogP contribution is 2.30. The van der Waals surface area contributed by atoms with E-state index >= 15 is 0 Å². The molecule has 9 nitrogen and oxygen atoms in total. The summed E-state index contributed by atoms with van der Waals surface area (Å²) in [4.78, 5) is 38.1. The van der Waals surface area contributed by atoms with Gasteiger partial charge in [-0.3, -0.25) is 14.5 Å². The Morgan fingerprint density at radius 2 is 1.81 bits per heavy atom. The van der Waals surface area contributed by atoms with Crippen LogP contribution in [-0.2, 0) is 35.0 Å². The van der Waals surface area contributed by atoms with E-state index in [2.05, 4.69) is 21.2 Å². The lowest BCUT2D eigenvalue weighted by molar-refractivity contribution is -0.246. The normalized spacial score (nSPS) is 18.4. The SMILES string of the molecule is COC(CBr)(CO[C@H]1[C@@H](NC(=O)Cc2ccccc2)C(=O)N1C(C(=O)O)=C(C)C)OC. The first-order valence-corrected chi connectivity index (χ1v) is 10.7. The smallest absolute Gasteiger partial charge is 0.352 e. The Kier molecular flexibility index (Phi) is 8.75. The molecular formula is C21H27BrN2O7. The average Bonchev–Trinajstić information content (AvgIpc) is 2.75. The number of amides is 2. The van der Waals surface area contributed by atoms with Crippen LogP contribution < -0.4 is 5.32 Å². The number of hydrogen-bond acceptors (Lipinski definition) is 6. The number of allylic oxidation sites excluding steroid dienone is 1. The monoisotopic (exact) mass is 498 g/mol. The summed E-state index contributed by atoms with van der Waals surface area (Å²) in [5.41, 5.74) is 1.02. The number of carboxylic acids is 1. The zero-order valence-corrected chi connectivity index (χ0v) is 19.5. The second kappa shape index (κ2) is 10.9. The summed E-state index contributed by atoms with van der Waals surface area (Å²) >= 11 is 3.29. The summed E-state index contributed by atoms with van der Waals surface area (Å²) in [7, 11) is 2.88. The number of methoxy groups -OCH3 is 2. The van der Waals surface area contributed by atoms with Gasteiger partial charge in [0.2, 0.25) is 11.7 Å². The summed E-state index contributed by atoms with van der Waals surface area (Å²) in [5, 5.41) is 12.5. The number of hydrogen-bond donors (Lipinski definition) is 2. The highest BCUT2D eigenvalue weighted by molar-refractivity contribution is 9.09. The molecule has 0 aliphatic carbocycles. The molecule has 1 fully saturated rings. The Labute approximate surface area is 189 Å². The van der Waals surface area contributed by atoms with Gasteiger partial charge in [0.1, 0.15) is 12.3 Å². The Morgan fingerprint density at radius 3 is 2.29 bits per heavy atom. The number of likely N-dealkylation sites (tertiary alicyclic amines) is 1. The number of carbonyl (C=O) groups is 3. The van der Waals surface area contributed by atoms with Crippen molar-refractivity contribution in [2.24, 2.45) is 0 Å². The van der Waals surface area contributed by atoms with Gasteiger partial charge in [0.25, 0.3) is 5.91 Å². The quantitative estimate of drug-likeness (QED) is 0.206. The van der Waals surface area contributed by atoms with E-state index in [9.17, 15) is 19.5 Å². The molecule has 0 unspecified atom stereocenters. The van der Waals surface area contributed by atoms with Gasteiger partial charge >= 0.3 is 5.97 Å². The number of carboxylic acid groups (broad SMARTS) is 1. The molecule has 1 aliphatic heterocycles. The van der Waals surface area contributed by atoms with Gasteiger partial charge in [-0.2, -0.15) is 0 Å². The Morgan fingerprint density at radius 1 is 1.19 bits per heavy atom. The van der Waals surface area contributed by atoms with Gasteiger partial charge in [-0.1, -0.05) is 46.3 Å². The number of alkyl halides is 1. The molecule has 1 aliphatic rings. The maximum absolute atomic E-state index is 12.8. The van der Waals surface area contributed by atoms with Crippen LogP contribution >= 0.6 is 15.9 Å². The first kappa shape index (κ1) is 25.0. The van der Waals surface area contributed by atoms with Gasteiger partial charge in [0.15, 0.2) is 12.3 Å². The lowest BCUT2D eigenvalue weighted by Crippen LogP contribution is -2.72. The van der Waals surface area contributed by atoms with E-state index in [0.29, 0.717) is 5.57 Å². The number of nitrogens with zero attached hydrogens (tertiary/aromatic N) is 1. The molecule has 0 radical (unpaired) electrons. The maximum atomic E-state index is 12.8. The minimum Gasteiger partial charge on any atom is -0.477 e. The van der Waals surface area contributed by atoms with E-state index in [0.717, 1.165) is 10.5 Å². The minimum atomic E-state index is -1.26. The van der Waals surface area contributed by atoms with Crippen molar-refractivity contribution in [2.75, 3.05) is 26.2 Å². The number of halogens is 1. The molecular weight excluding hydrogens is 472 g/mol. The largest absolute Gasteiger partial charge is 0.477 e. The molecule has 1 aromatic rings. The minimum absolute atomic E-state index is 0.0766. The number of aliphatic carboxylic acids is 1. The molecule has 31 heavy (non-hydrogen) atoms. The van der Waals surface area contributed by atoms with Crippen LogP contribution in [-0.4, -0.2) is 72.0 Å². The van der Waals surface area contributed by atoms with Gasteiger partial charge in [0.05, 0.1) is 11.8 Å². The lowest BCUT2D eigenvalue weighted by Gasteiger charge is -2.47. The van der Waals surface area contributed by atoms with Crippen molar-refractivity contribution in [3.8, 4) is 0 Å². The van der Waals surface area contributed by atoms with Gasteiger partial charge in [-0.25, -0.2) is 4.79 Å². The van der Waals surface area contributed by atoms with Crippen LogP contribution in [0.3, 0.4) is 0 Å². The third kappa shape index (κ3) is 5.70. The molecule has 2 amide bonds. The molecule has 0 aromatic heterocycles. The molecule has 2 atom stereocenters. The summed E-state index contributed by atoms with van der Waals surface area (Å²) in [5.74, 6) is -3.35. The summed E-state index contributed by atoms with van der Waals surface area (Å²) < 4.78 is 16.6. The number of carbonyl (C=O) groups excluding carboxylic acids is 2. The molecule has 170 valence electrons. The van der Waals surface area contributed by atoms with E-state index in [1.807, 2.05) is 18.2 Å². The number of β-lactam (4-membered cyclic amide) rings is 1. The van der Waals surface area contributed by atoms with Crippen molar-refractivity contribution in [1.82, 2.24) is 10.2 Å². The first-order valence-electron chi connectivity index (χ1n) is 9.54. The summed E-state index contributed by atoms with van der Waals surface area (Å²) in [6.45, 7) is 3.06. The van der Waals surface area contributed by atoms with Gasteiger partial charge < -0.3 is 24.6 Å². The molecule has 1 aromatic carbocycles. The molecule has 0 saturated carbocycles. The van der Waals surface area contributed by atoms with E-state index in [4.69, 9.17) is 14.2 Å². The average molecular weight is 499 g/mol. The van der Waals surface area contributed by atoms with Crippen molar-refractivity contribution < 1.29 is 33.7 Å². The topological polar surface area (TPSA) is 114 Å². The fourth-order valence-electron chi connectivity index (χ4n) is 3.13. The highest BCUT2D eigenvalue weighted by Gasteiger charge is 2.53. The maximum Gasteiger partial charge on any atom is 0.352 e. The number of nitrogens with one attached hydrogen (secondary N) is 1. The molecule has 2 N–H and O–H groups in total.